The fourth-order valence-corrected chi connectivity index (χ4v) is 6.56. The van der Waals surface area contributed by atoms with Crippen LogP contribution >= 0.6 is 0 Å². The largest absolute Gasteiger partial charge is 0.497 e. The number of piperidine rings is 1. The van der Waals surface area contributed by atoms with Crippen LogP contribution in [0.3, 0.4) is 0 Å². The van der Waals surface area contributed by atoms with Crippen LogP contribution in [0.4, 0.5) is 0 Å². The highest BCUT2D eigenvalue weighted by Crippen LogP contribution is 2.30. The van der Waals surface area contributed by atoms with Crippen LogP contribution in [0.5, 0.6) is 5.75 Å². The zero-order valence-electron chi connectivity index (χ0n) is 19.1. The summed E-state index contributed by atoms with van der Waals surface area (Å²) in [5, 5.41) is 0. The molecule has 1 atom stereocenters. The minimum absolute atomic E-state index is 0.299. The quantitative estimate of drug-likeness (QED) is 0.578. The Morgan fingerprint density at radius 3 is 2.34 bits per heavy atom. The van der Waals surface area contributed by atoms with Crippen molar-refractivity contribution < 1.29 is 17.9 Å². The van der Waals surface area contributed by atoms with Crippen molar-refractivity contribution in [2.45, 2.75) is 36.6 Å². The summed E-state index contributed by atoms with van der Waals surface area (Å²) in [6.07, 6.45) is 4.36. The van der Waals surface area contributed by atoms with E-state index in [0.717, 1.165) is 38.8 Å². The molecule has 1 aliphatic carbocycles. The summed E-state index contributed by atoms with van der Waals surface area (Å²) in [4.78, 5) is 2.89. The fourth-order valence-electron chi connectivity index (χ4n) is 5.06. The van der Waals surface area contributed by atoms with Crippen molar-refractivity contribution in [1.29, 1.82) is 0 Å². The highest BCUT2D eigenvalue weighted by Gasteiger charge is 2.33. The number of methoxy groups -OCH3 is 2. The predicted molar refractivity (Wildman–Crippen MR) is 126 cm³/mol. The molecule has 4 rings (SSSR count). The summed E-state index contributed by atoms with van der Waals surface area (Å²) in [6.45, 7) is 3.30. The van der Waals surface area contributed by atoms with Gasteiger partial charge < -0.3 is 9.47 Å². The number of sulfonamides is 1. The monoisotopic (exact) mass is 458 g/mol. The number of fused-ring (bicyclic) bond motifs is 1. The van der Waals surface area contributed by atoms with Gasteiger partial charge in [0, 0.05) is 32.8 Å². The van der Waals surface area contributed by atoms with E-state index in [1.54, 1.807) is 42.8 Å². The Labute approximate surface area is 192 Å². The Hall–Kier alpha value is -1.93. The van der Waals surface area contributed by atoms with E-state index in [-0.39, 0.29) is 0 Å². The Balaban J connectivity index is 1.45. The van der Waals surface area contributed by atoms with Crippen LogP contribution in [-0.4, -0.2) is 70.7 Å². The van der Waals surface area contributed by atoms with Crippen molar-refractivity contribution >= 4 is 10.0 Å². The number of nitrogens with zero attached hydrogens (tertiary/aromatic N) is 2. The molecule has 0 saturated carbocycles. The molecule has 0 aromatic heterocycles. The highest BCUT2D eigenvalue weighted by molar-refractivity contribution is 7.89. The second-order valence-corrected chi connectivity index (χ2v) is 10.8. The molecule has 1 heterocycles. The molecular weight excluding hydrogens is 424 g/mol. The molecule has 2 aliphatic rings. The van der Waals surface area contributed by atoms with E-state index in [0.29, 0.717) is 42.3 Å². The lowest BCUT2D eigenvalue weighted by atomic mass is 9.96. The molecule has 1 fully saturated rings. The van der Waals surface area contributed by atoms with Gasteiger partial charge in [0.2, 0.25) is 10.0 Å². The van der Waals surface area contributed by atoms with E-state index in [9.17, 15) is 8.42 Å². The number of benzene rings is 2. The number of rotatable bonds is 9. The summed E-state index contributed by atoms with van der Waals surface area (Å²) in [5.41, 5.74) is 2.92. The second kappa shape index (κ2) is 10.3. The topological polar surface area (TPSA) is 59.1 Å². The molecule has 32 heavy (non-hydrogen) atoms. The molecule has 1 unspecified atom stereocenters. The van der Waals surface area contributed by atoms with Gasteiger partial charge in [-0.15, -0.1) is 0 Å². The first-order valence-corrected chi connectivity index (χ1v) is 12.9. The summed E-state index contributed by atoms with van der Waals surface area (Å²) in [5.74, 6) is 0.963. The van der Waals surface area contributed by atoms with Crippen molar-refractivity contribution in [3.8, 4) is 5.75 Å². The predicted octanol–water partition coefficient (Wildman–Crippen LogP) is 3.21. The maximum Gasteiger partial charge on any atom is 0.243 e. The molecule has 2 aromatic carbocycles. The normalized spacial score (nSPS) is 19.9. The maximum absolute atomic E-state index is 13.4. The minimum atomic E-state index is -3.60. The van der Waals surface area contributed by atoms with Crippen molar-refractivity contribution in [2.75, 3.05) is 47.0 Å². The molecule has 0 bridgehead atoms. The summed E-state index contributed by atoms with van der Waals surface area (Å²) in [6, 6.07) is 15.9. The molecule has 174 valence electrons. The van der Waals surface area contributed by atoms with Crippen LogP contribution in [-0.2, 0) is 27.6 Å². The van der Waals surface area contributed by atoms with Crippen LogP contribution in [0.2, 0.25) is 0 Å². The molecule has 0 amide bonds. The van der Waals surface area contributed by atoms with Crippen molar-refractivity contribution in [1.82, 2.24) is 9.21 Å². The van der Waals surface area contributed by atoms with Crippen LogP contribution in [0.25, 0.3) is 0 Å². The molecular formula is C25H34N2O4S. The Kier molecular flexibility index (Phi) is 7.51. The lowest BCUT2D eigenvalue weighted by Gasteiger charge is -2.38. The van der Waals surface area contributed by atoms with Gasteiger partial charge in [-0.25, -0.2) is 8.42 Å². The van der Waals surface area contributed by atoms with E-state index in [1.165, 1.54) is 11.1 Å². The van der Waals surface area contributed by atoms with Crippen molar-refractivity contribution in [3.05, 3.63) is 59.7 Å². The van der Waals surface area contributed by atoms with E-state index in [2.05, 4.69) is 29.2 Å². The van der Waals surface area contributed by atoms with E-state index in [1.807, 2.05) is 0 Å². The van der Waals surface area contributed by atoms with Gasteiger partial charge in [-0.05, 0) is 73.5 Å². The Morgan fingerprint density at radius 1 is 1.03 bits per heavy atom. The maximum atomic E-state index is 13.4. The van der Waals surface area contributed by atoms with E-state index in [4.69, 9.17) is 9.47 Å². The number of ether oxygens (including phenoxy) is 2. The molecule has 0 radical (unpaired) electrons. The molecule has 7 heteroatoms. The number of hydrogen-bond acceptors (Lipinski definition) is 5. The SMILES string of the molecule is COCCN(CC1CCCN(C2Cc3ccccc3C2)C1)S(=O)(=O)c1ccc(OC)cc1. The smallest absolute Gasteiger partial charge is 0.243 e. The van der Waals surface area contributed by atoms with Gasteiger partial charge in [0.25, 0.3) is 0 Å². The lowest BCUT2D eigenvalue weighted by Crippen LogP contribution is -2.47. The molecule has 0 N–H and O–H groups in total. The van der Waals surface area contributed by atoms with Crippen LogP contribution in [0.15, 0.2) is 53.4 Å². The Morgan fingerprint density at radius 2 is 1.72 bits per heavy atom. The number of likely N-dealkylation sites (tertiary alicyclic amines) is 1. The van der Waals surface area contributed by atoms with Crippen LogP contribution in [0.1, 0.15) is 24.0 Å². The first-order valence-electron chi connectivity index (χ1n) is 11.4. The van der Waals surface area contributed by atoms with E-state index < -0.39 is 10.0 Å². The molecule has 1 saturated heterocycles. The summed E-state index contributed by atoms with van der Waals surface area (Å²) < 4.78 is 38.8. The van der Waals surface area contributed by atoms with Gasteiger partial charge in [0.1, 0.15) is 5.75 Å². The average Bonchev–Trinajstić information content (AvgIpc) is 3.26. The molecule has 0 spiro atoms. The van der Waals surface area contributed by atoms with Gasteiger partial charge in [-0.2, -0.15) is 4.31 Å². The third-order valence-corrected chi connectivity index (χ3v) is 8.68. The Bertz CT molecular complexity index is 968. The lowest BCUT2D eigenvalue weighted by molar-refractivity contribution is 0.109. The van der Waals surface area contributed by atoms with Gasteiger partial charge >= 0.3 is 0 Å². The average molecular weight is 459 g/mol. The molecule has 2 aromatic rings. The molecule has 1 aliphatic heterocycles. The second-order valence-electron chi connectivity index (χ2n) is 8.87. The first-order chi connectivity index (χ1) is 15.5. The third-order valence-electron chi connectivity index (χ3n) is 6.80. The van der Waals surface area contributed by atoms with Crippen LogP contribution < -0.4 is 4.74 Å². The number of hydrogen-bond donors (Lipinski definition) is 0. The van der Waals surface area contributed by atoms with Gasteiger partial charge in [0.15, 0.2) is 0 Å². The van der Waals surface area contributed by atoms with E-state index >= 15 is 0 Å². The molecule has 6 nitrogen and oxygen atoms in total. The minimum Gasteiger partial charge on any atom is -0.497 e. The zero-order valence-corrected chi connectivity index (χ0v) is 19.9. The first kappa shape index (κ1) is 23.2. The highest BCUT2D eigenvalue weighted by atomic mass is 32.2. The standard InChI is InChI=1S/C25H34N2O4S/c1-30-15-14-27(32(28,29)25-11-9-24(31-2)10-12-25)19-20-6-5-13-26(18-20)23-16-21-7-3-4-8-22(21)17-23/h3-4,7-12,20,23H,5-6,13-19H2,1-2H3. The zero-order chi connectivity index (χ0) is 22.6. The summed E-state index contributed by atoms with van der Waals surface area (Å²) in [7, 11) is -0.414. The fraction of sp³-hybridized carbons (Fsp3) is 0.520. The van der Waals surface area contributed by atoms with Crippen LogP contribution in [0, 0.1) is 5.92 Å². The van der Waals surface area contributed by atoms with Crippen molar-refractivity contribution in [3.63, 3.8) is 0 Å². The van der Waals surface area contributed by atoms with Crippen molar-refractivity contribution in [2.24, 2.45) is 5.92 Å². The van der Waals surface area contributed by atoms with Gasteiger partial charge in [-0.1, -0.05) is 24.3 Å². The third kappa shape index (κ3) is 5.17. The van der Waals surface area contributed by atoms with Gasteiger partial charge in [0.05, 0.1) is 18.6 Å². The summed E-state index contributed by atoms with van der Waals surface area (Å²) >= 11 is 0. The van der Waals surface area contributed by atoms with Gasteiger partial charge in [-0.3, -0.25) is 4.90 Å².